The molecule has 3 aromatic rings. The molecule has 122 valence electrons. The fourth-order valence-corrected chi connectivity index (χ4v) is 4.70. The number of rotatable bonds is 2. The first-order valence-electron chi connectivity index (χ1n) is 8.72. The molecule has 1 saturated carbocycles. The second kappa shape index (κ2) is 4.59. The first kappa shape index (κ1) is 14.0. The number of aromatic amines is 1. The van der Waals surface area contributed by atoms with Crippen molar-refractivity contribution in [3.05, 3.63) is 42.5 Å². The van der Waals surface area contributed by atoms with Gasteiger partial charge < -0.3 is 4.98 Å². The highest BCUT2D eigenvalue weighted by atomic mass is 15.2. The van der Waals surface area contributed by atoms with Crippen LogP contribution in [-0.4, -0.2) is 19.7 Å². The van der Waals surface area contributed by atoms with Gasteiger partial charge in [0.15, 0.2) is 0 Å². The van der Waals surface area contributed by atoms with Gasteiger partial charge in [0, 0.05) is 42.2 Å². The lowest BCUT2D eigenvalue weighted by Gasteiger charge is -2.12. The molecule has 24 heavy (non-hydrogen) atoms. The molecule has 3 heterocycles. The van der Waals surface area contributed by atoms with Crippen LogP contribution in [0.2, 0.25) is 0 Å². The third-order valence-corrected chi connectivity index (χ3v) is 6.11. The summed E-state index contributed by atoms with van der Waals surface area (Å²) in [6.45, 7) is 4.82. The summed E-state index contributed by atoms with van der Waals surface area (Å²) < 4.78 is 1.84. The number of pyridine rings is 1. The van der Waals surface area contributed by atoms with E-state index in [-0.39, 0.29) is 0 Å². The van der Waals surface area contributed by atoms with E-state index < -0.39 is 0 Å². The van der Waals surface area contributed by atoms with E-state index in [1.807, 2.05) is 30.3 Å². The van der Waals surface area contributed by atoms with Gasteiger partial charge in [-0.2, -0.15) is 5.10 Å². The maximum atomic E-state index is 4.69. The monoisotopic (exact) mass is 318 g/mol. The van der Waals surface area contributed by atoms with Crippen LogP contribution in [0.1, 0.15) is 32.3 Å². The molecule has 0 aliphatic heterocycles. The number of aromatic nitrogens is 4. The van der Waals surface area contributed by atoms with Crippen molar-refractivity contribution in [1.82, 2.24) is 19.7 Å². The molecule has 4 heteroatoms. The van der Waals surface area contributed by atoms with Crippen molar-refractivity contribution in [3.8, 4) is 11.1 Å². The molecular weight excluding hydrogens is 296 g/mol. The molecule has 5 rings (SSSR count). The summed E-state index contributed by atoms with van der Waals surface area (Å²) in [5.41, 5.74) is 6.49. The van der Waals surface area contributed by atoms with Gasteiger partial charge in [0.05, 0.1) is 6.20 Å². The molecule has 0 amide bonds. The lowest BCUT2D eigenvalue weighted by Crippen LogP contribution is -1.97. The van der Waals surface area contributed by atoms with Crippen molar-refractivity contribution in [2.45, 2.75) is 26.7 Å². The van der Waals surface area contributed by atoms with Crippen molar-refractivity contribution >= 4 is 16.6 Å². The van der Waals surface area contributed by atoms with Crippen LogP contribution < -0.4 is 0 Å². The summed E-state index contributed by atoms with van der Waals surface area (Å²) in [5, 5.41) is 5.48. The topological polar surface area (TPSA) is 46.5 Å². The largest absolute Gasteiger partial charge is 0.346 e. The van der Waals surface area contributed by atoms with Crippen molar-refractivity contribution in [2.24, 2.45) is 24.3 Å². The third kappa shape index (κ3) is 1.86. The zero-order valence-corrected chi connectivity index (χ0v) is 14.4. The number of nitrogens with one attached hydrogen (secondary N) is 1. The maximum Gasteiger partial charge on any atom is 0.137 e. The zero-order chi connectivity index (χ0) is 16.5. The van der Waals surface area contributed by atoms with Crippen molar-refractivity contribution < 1.29 is 0 Å². The number of H-pyrrole nitrogens is 1. The van der Waals surface area contributed by atoms with Crippen LogP contribution in [0.3, 0.4) is 0 Å². The minimum Gasteiger partial charge on any atom is -0.346 e. The van der Waals surface area contributed by atoms with Gasteiger partial charge in [0.1, 0.15) is 5.65 Å². The smallest absolute Gasteiger partial charge is 0.137 e. The van der Waals surface area contributed by atoms with Crippen LogP contribution in [0.4, 0.5) is 0 Å². The van der Waals surface area contributed by atoms with E-state index in [1.54, 1.807) is 0 Å². The summed E-state index contributed by atoms with van der Waals surface area (Å²) >= 11 is 0. The van der Waals surface area contributed by atoms with Crippen LogP contribution in [0.15, 0.2) is 36.9 Å². The Balaban J connectivity index is 1.62. The van der Waals surface area contributed by atoms with E-state index in [2.05, 4.69) is 47.3 Å². The predicted molar refractivity (Wildman–Crippen MR) is 96.3 cm³/mol. The summed E-state index contributed by atoms with van der Waals surface area (Å²) in [6.07, 6.45) is 13.0. The SMILES string of the molecule is Cn1cc(-c2c[nH]c3ncc(C4=CCCC5[C@@H]4C5(C)C)cc23)cn1. The molecule has 0 radical (unpaired) electrons. The van der Waals surface area contributed by atoms with E-state index in [0.717, 1.165) is 17.1 Å². The first-order chi connectivity index (χ1) is 11.6. The van der Waals surface area contributed by atoms with Crippen LogP contribution in [0.5, 0.6) is 0 Å². The molecule has 1 unspecified atom stereocenters. The average Bonchev–Trinajstić information content (AvgIpc) is 2.95. The van der Waals surface area contributed by atoms with Crippen LogP contribution in [0, 0.1) is 17.3 Å². The van der Waals surface area contributed by atoms with E-state index >= 15 is 0 Å². The van der Waals surface area contributed by atoms with E-state index in [0.29, 0.717) is 11.3 Å². The summed E-state index contributed by atoms with van der Waals surface area (Å²) in [6, 6.07) is 2.31. The maximum absolute atomic E-state index is 4.69. The molecule has 0 aromatic carbocycles. The Bertz CT molecular complexity index is 973. The highest BCUT2D eigenvalue weighted by Crippen LogP contribution is 2.67. The van der Waals surface area contributed by atoms with Gasteiger partial charge in [0.25, 0.3) is 0 Å². The number of fused-ring (bicyclic) bond motifs is 2. The first-order valence-corrected chi connectivity index (χ1v) is 8.72. The molecular formula is C20H22N4. The average molecular weight is 318 g/mol. The molecule has 0 saturated heterocycles. The standard InChI is InChI=1S/C20H22N4/c1-20(2)17-6-4-5-14(18(17)20)12-7-15-16(10-22-19(15)21-8-12)13-9-23-24(3)11-13/h5,7-11,17-18H,4,6H2,1-3H3,(H,21,22)/t17?,18-/m1/s1. The molecule has 1 fully saturated rings. The Morgan fingerprint density at radius 2 is 2.12 bits per heavy atom. The van der Waals surface area contributed by atoms with Gasteiger partial charge in [-0.25, -0.2) is 4.98 Å². The van der Waals surface area contributed by atoms with Crippen LogP contribution in [0.25, 0.3) is 27.7 Å². The van der Waals surface area contributed by atoms with Crippen molar-refractivity contribution in [3.63, 3.8) is 0 Å². The lowest BCUT2D eigenvalue weighted by molar-refractivity contribution is 0.536. The lowest BCUT2D eigenvalue weighted by atomic mass is 9.93. The van der Waals surface area contributed by atoms with E-state index in [1.165, 1.54) is 34.9 Å². The number of hydrogen-bond donors (Lipinski definition) is 1. The Labute approximate surface area is 141 Å². The minimum absolute atomic E-state index is 0.446. The normalized spacial score (nSPS) is 24.7. The summed E-state index contributed by atoms with van der Waals surface area (Å²) in [5.74, 6) is 1.54. The molecule has 1 N–H and O–H groups in total. The van der Waals surface area contributed by atoms with Crippen molar-refractivity contribution in [2.75, 3.05) is 0 Å². The van der Waals surface area contributed by atoms with Gasteiger partial charge in [-0.15, -0.1) is 0 Å². The third-order valence-electron chi connectivity index (χ3n) is 6.11. The Hall–Kier alpha value is -2.36. The molecule has 2 aliphatic rings. The predicted octanol–water partition coefficient (Wildman–Crippen LogP) is 4.41. The second-order valence-corrected chi connectivity index (χ2v) is 7.87. The van der Waals surface area contributed by atoms with Crippen molar-refractivity contribution in [1.29, 1.82) is 0 Å². The Kier molecular flexibility index (Phi) is 2.68. The van der Waals surface area contributed by atoms with E-state index in [9.17, 15) is 0 Å². The summed E-state index contributed by atoms with van der Waals surface area (Å²) in [7, 11) is 1.95. The second-order valence-electron chi connectivity index (χ2n) is 7.87. The number of allylic oxidation sites excluding steroid dienone is 2. The zero-order valence-electron chi connectivity index (χ0n) is 14.4. The van der Waals surface area contributed by atoms with Gasteiger partial charge in [-0.05, 0) is 47.3 Å². The van der Waals surface area contributed by atoms with E-state index in [4.69, 9.17) is 0 Å². The minimum atomic E-state index is 0.446. The Morgan fingerprint density at radius 1 is 1.25 bits per heavy atom. The molecule has 2 atom stereocenters. The summed E-state index contributed by atoms with van der Waals surface area (Å²) in [4.78, 5) is 7.98. The Morgan fingerprint density at radius 3 is 2.92 bits per heavy atom. The molecule has 3 aromatic heterocycles. The molecule has 0 spiro atoms. The van der Waals surface area contributed by atoms with Gasteiger partial charge >= 0.3 is 0 Å². The fraction of sp³-hybridized carbons (Fsp3) is 0.400. The number of aryl methyl sites for hydroxylation is 1. The quantitative estimate of drug-likeness (QED) is 0.760. The highest BCUT2D eigenvalue weighted by Gasteiger charge is 2.59. The van der Waals surface area contributed by atoms with Crippen LogP contribution >= 0.6 is 0 Å². The van der Waals surface area contributed by atoms with Gasteiger partial charge in [-0.3, -0.25) is 4.68 Å². The van der Waals surface area contributed by atoms with Gasteiger partial charge in [0.2, 0.25) is 0 Å². The molecule has 0 bridgehead atoms. The number of nitrogens with zero attached hydrogens (tertiary/aromatic N) is 3. The highest BCUT2D eigenvalue weighted by molar-refractivity contribution is 5.95. The molecule has 4 nitrogen and oxygen atoms in total. The molecule has 2 aliphatic carbocycles. The van der Waals surface area contributed by atoms with Crippen LogP contribution in [-0.2, 0) is 7.05 Å². The number of hydrogen-bond acceptors (Lipinski definition) is 2. The van der Waals surface area contributed by atoms with Gasteiger partial charge in [-0.1, -0.05) is 19.9 Å². The fourth-order valence-electron chi connectivity index (χ4n) is 4.70.